The van der Waals surface area contributed by atoms with Gasteiger partial charge < -0.3 is 4.74 Å². The fourth-order valence-corrected chi connectivity index (χ4v) is 1.21. The van der Waals surface area contributed by atoms with Gasteiger partial charge in [-0.05, 0) is 31.0 Å². The molecule has 0 amide bonds. The first-order chi connectivity index (χ1) is 6.77. The van der Waals surface area contributed by atoms with E-state index in [-0.39, 0.29) is 0 Å². The van der Waals surface area contributed by atoms with Gasteiger partial charge in [-0.1, -0.05) is 6.07 Å². The largest absolute Gasteiger partial charge is 0.493 e. The third-order valence-electron chi connectivity index (χ3n) is 1.82. The Labute approximate surface area is 89.3 Å². The van der Waals surface area contributed by atoms with Crippen LogP contribution in [0.5, 0.6) is 5.75 Å². The summed E-state index contributed by atoms with van der Waals surface area (Å²) < 4.78 is 5.49. The zero-order valence-corrected chi connectivity index (χ0v) is 8.84. The summed E-state index contributed by atoms with van der Waals surface area (Å²) in [5.41, 5.74) is 1.64. The van der Waals surface area contributed by atoms with Crippen LogP contribution in [-0.4, -0.2) is 12.5 Å². The molecule has 0 heterocycles. The molecule has 0 fully saturated rings. The Balaban J connectivity index is 2.65. The number of hydrogen-bond donors (Lipinski definition) is 0. The van der Waals surface area contributed by atoms with Crippen LogP contribution in [-0.2, 0) is 0 Å². The summed E-state index contributed by atoms with van der Waals surface area (Å²) in [5, 5.41) is 0. The normalized spacial score (nSPS) is 9.50. The average molecular weight is 210 g/mol. The van der Waals surface area contributed by atoms with Gasteiger partial charge in [0.25, 0.3) is 0 Å². The summed E-state index contributed by atoms with van der Waals surface area (Å²) in [5.74, 6) is 1.45. The minimum atomic E-state index is 0.610. The summed E-state index contributed by atoms with van der Waals surface area (Å²) in [6, 6.07) is 5.41. The lowest BCUT2D eigenvalue weighted by atomic mass is 10.2. The maximum Gasteiger partial charge on any atom is 0.187 e. The van der Waals surface area contributed by atoms with Crippen LogP contribution in [0.25, 0.3) is 4.85 Å². The summed E-state index contributed by atoms with van der Waals surface area (Å²) >= 11 is 5.54. The van der Waals surface area contributed by atoms with Gasteiger partial charge in [-0.25, -0.2) is 4.85 Å². The first kappa shape index (κ1) is 10.9. The molecule has 0 spiro atoms. The van der Waals surface area contributed by atoms with Crippen molar-refractivity contribution >= 4 is 17.3 Å². The fraction of sp³-hybridized carbons (Fsp3) is 0.364. The van der Waals surface area contributed by atoms with Crippen LogP contribution < -0.4 is 4.74 Å². The molecule has 0 bridgehead atoms. The standard InChI is InChI=1S/C11H12ClNO/c1-9-8-10(13-2)4-5-11(9)14-7-3-6-12/h4-5,8H,3,6-7H2,1H3. The number of benzene rings is 1. The topological polar surface area (TPSA) is 13.6 Å². The Hall–Kier alpha value is -1.20. The van der Waals surface area contributed by atoms with Crippen molar-refractivity contribution in [2.45, 2.75) is 13.3 Å². The van der Waals surface area contributed by atoms with Crippen LogP contribution in [0, 0.1) is 13.5 Å². The van der Waals surface area contributed by atoms with Gasteiger partial charge in [0, 0.05) is 5.88 Å². The van der Waals surface area contributed by atoms with Gasteiger partial charge in [0.05, 0.1) is 13.2 Å². The molecule has 1 rings (SSSR count). The second-order valence-corrected chi connectivity index (χ2v) is 3.33. The van der Waals surface area contributed by atoms with Crippen LogP contribution in [0.4, 0.5) is 5.69 Å². The van der Waals surface area contributed by atoms with E-state index >= 15 is 0 Å². The molecule has 0 aromatic heterocycles. The van der Waals surface area contributed by atoms with E-state index in [2.05, 4.69) is 4.85 Å². The molecule has 0 unspecified atom stereocenters. The van der Waals surface area contributed by atoms with Gasteiger partial charge in [0.1, 0.15) is 5.75 Å². The first-order valence-corrected chi connectivity index (χ1v) is 4.98. The van der Waals surface area contributed by atoms with Gasteiger partial charge in [0.15, 0.2) is 5.69 Å². The van der Waals surface area contributed by atoms with Crippen LogP contribution in [0.1, 0.15) is 12.0 Å². The Morgan fingerprint density at radius 1 is 1.50 bits per heavy atom. The maximum atomic E-state index is 6.85. The van der Waals surface area contributed by atoms with E-state index in [0.717, 1.165) is 17.7 Å². The molecule has 0 aliphatic rings. The molecule has 0 aliphatic carbocycles. The number of alkyl halides is 1. The molecule has 0 saturated carbocycles. The van der Waals surface area contributed by atoms with Crippen molar-refractivity contribution in [2.75, 3.05) is 12.5 Å². The minimum Gasteiger partial charge on any atom is -0.493 e. The number of rotatable bonds is 4. The molecule has 0 radical (unpaired) electrons. The lowest BCUT2D eigenvalue weighted by Crippen LogP contribution is -1.98. The second-order valence-electron chi connectivity index (χ2n) is 2.95. The summed E-state index contributed by atoms with van der Waals surface area (Å²) in [6.07, 6.45) is 0.839. The van der Waals surface area contributed by atoms with E-state index in [9.17, 15) is 0 Å². The second kappa shape index (κ2) is 5.51. The molecule has 0 N–H and O–H groups in total. The number of nitrogens with zero attached hydrogens (tertiary/aromatic N) is 1. The summed E-state index contributed by atoms with van der Waals surface area (Å²) in [6.45, 7) is 9.41. The Bertz CT molecular complexity index is 344. The van der Waals surface area contributed by atoms with Crippen LogP contribution in [0.15, 0.2) is 18.2 Å². The molecular formula is C11H12ClNO. The molecule has 3 heteroatoms. The van der Waals surface area contributed by atoms with Crippen molar-refractivity contribution in [3.63, 3.8) is 0 Å². The number of ether oxygens (including phenoxy) is 1. The molecule has 0 saturated heterocycles. The van der Waals surface area contributed by atoms with E-state index in [1.807, 2.05) is 19.1 Å². The monoisotopic (exact) mass is 209 g/mol. The van der Waals surface area contributed by atoms with E-state index in [0.29, 0.717) is 18.2 Å². The zero-order valence-electron chi connectivity index (χ0n) is 8.09. The third-order valence-corrected chi connectivity index (χ3v) is 2.09. The Morgan fingerprint density at radius 2 is 2.29 bits per heavy atom. The van der Waals surface area contributed by atoms with Gasteiger partial charge in [-0.15, -0.1) is 11.6 Å². The molecule has 0 atom stereocenters. The molecule has 0 aliphatic heterocycles. The van der Waals surface area contributed by atoms with Crippen molar-refractivity contribution < 1.29 is 4.74 Å². The minimum absolute atomic E-state index is 0.610. The van der Waals surface area contributed by atoms with Crippen molar-refractivity contribution in [1.82, 2.24) is 0 Å². The predicted octanol–water partition coefficient (Wildman–Crippen LogP) is 3.55. The van der Waals surface area contributed by atoms with Crippen LogP contribution >= 0.6 is 11.6 Å². The van der Waals surface area contributed by atoms with Gasteiger partial charge >= 0.3 is 0 Å². The lowest BCUT2D eigenvalue weighted by molar-refractivity contribution is 0.316. The molecule has 1 aromatic rings. The quantitative estimate of drug-likeness (QED) is 0.420. The van der Waals surface area contributed by atoms with Crippen LogP contribution in [0.3, 0.4) is 0 Å². The Morgan fingerprint density at radius 3 is 2.86 bits per heavy atom. The summed E-state index contributed by atoms with van der Waals surface area (Å²) in [4.78, 5) is 3.34. The van der Waals surface area contributed by atoms with Gasteiger partial charge in [-0.3, -0.25) is 0 Å². The molecule has 2 nitrogen and oxygen atoms in total. The molecule has 14 heavy (non-hydrogen) atoms. The number of aryl methyl sites for hydroxylation is 1. The number of halogens is 1. The lowest BCUT2D eigenvalue weighted by Gasteiger charge is -2.08. The molecular weight excluding hydrogens is 198 g/mol. The third kappa shape index (κ3) is 2.93. The van der Waals surface area contributed by atoms with E-state index < -0.39 is 0 Å². The highest BCUT2D eigenvalue weighted by Crippen LogP contribution is 2.23. The fourth-order valence-electron chi connectivity index (χ4n) is 1.10. The molecule has 1 aromatic carbocycles. The van der Waals surface area contributed by atoms with Crippen molar-refractivity contribution in [1.29, 1.82) is 0 Å². The highest BCUT2D eigenvalue weighted by Gasteiger charge is 2.00. The zero-order chi connectivity index (χ0) is 10.4. The predicted molar refractivity (Wildman–Crippen MR) is 58.3 cm³/mol. The van der Waals surface area contributed by atoms with Gasteiger partial charge in [0.2, 0.25) is 0 Å². The number of hydrogen-bond acceptors (Lipinski definition) is 1. The summed E-state index contributed by atoms with van der Waals surface area (Å²) in [7, 11) is 0. The van der Waals surface area contributed by atoms with E-state index in [1.165, 1.54) is 0 Å². The highest BCUT2D eigenvalue weighted by molar-refractivity contribution is 6.17. The smallest absolute Gasteiger partial charge is 0.187 e. The van der Waals surface area contributed by atoms with Crippen molar-refractivity contribution in [3.8, 4) is 5.75 Å². The van der Waals surface area contributed by atoms with Gasteiger partial charge in [-0.2, -0.15) is 0 Å². The highest BCUT2D eigenvalue weighted by atomic mass is 35.5. The maximum absolute atomic E-state index is 6.85. The van der Waals surface area contributed by atoms with Crippen molar-refractivity contribution in [3.05, 3.63) is 35.2 Å². The molecule has 74 valence electrons. The first-order valence-electron chi connectivity index (χ1n) is 4.45. The van der Waals surface area contributed by atoms with Crippen molar-refractivity contribution in [2.24, 2.45) is 0 Å². The Kier molecular flexibility index (Phi) is 4.28. The van der Waals surface area contributed by atoms with Crippen LogP contribution in [0.2, 0.25) is 0 Å². The SMILES string of the molecule is [C-]#[N+]c1ccc(OCCCCl)c(C)c1. The average Bonchev–Trinajstić information content (AvgIpc) is 2.20. The van der Waals surface area contributed by atoms with E-state index in [4.69, 9.17) is 22.9 Å². The van der Waals surface area contributed by atoms with E-state index in [1.54, 1.807) is 6.07 Å².